The fourth-order valence-corrected chi connectivity index (χ4v) is 4.71. The molecule has 2 atom stereocenters. The minimum Gasteiger partial charge on any atom is -0.393 e. The Morgan fingerprint density at radius 3 is 2.91 bits per heavy atom. The first-order valence-electron chi connectivity index (χ1n) is 7.65. The maximum Gasteiger partial charge on any atom is 0.225 e. The number of nitrogens with zero attached hydrogens (tertiary/aromatic N) is 1. The van der Waals surface area contributed by atoms with Crippen molar-refractivity contribution in [3.8, 4) is 0 Å². The summed E-state index contributed by atoms with van der Waals surface area (Å²) < 4.78 is 1.15. The molecule has 22 heavy (non-hydrogen) atoms. The number of thiophene rings is 1. The van der Waals surface area contributed by atoms with Gasteiger partial charge >= 0.3 is 0 Å². The van der Waals surface area contributed by atoms with Crippen LogP contribution in [0.5, 0.6) is 0 Å². The van der Waals surface area contributed by atoms with E-state index in [-0.39, 0.29) is 17.9 Å². The van der Waals surface area contributed by atoms with E-state index in [1.807, 2.05) is 25.2 Å². The van der Waals surface area contributed by atoms with Crippen molar-refractivity contribution in [3.63, 3.8) is 0 Å². The summed E-state index contributed by atoms with van der Waals surface area (Å²) >= 11 is 8.09. The van der Waals surface area contributed by atoms with Crippen molar-refractivity contribution in [1.29, 1.82) is 0 Å². The first-order chi connectivity index (χ1) is 10.6. The summed E-state index contributed by atoms with van der Waals surface area (Å²) in [6.07, 6.45) is 2.87. The molecule has 3 rings (SSSR count). The number of carbonyl (C=O) groups is 1. The lowest BCUT2D eigenvalue weighted by Gasteiger charge is -2.28. The average molecular weight is 338 g/mol. The van der Waals surface area contributed by atoms with Gasteiger partial charge in [0.25, 0.3) is 0 Å². The van der Waals surface area contributed by atoms with E-state index >= 15 is 0 Å². The van der Waals surface area contributed by atoms with Crippen LogP contribution in [0.4, 0.5) is 0 Å². The van der Waals surface area contributed by atoms with E-state index in [2.05, 4.69) is 6.07 Å². The maximum absolute atomic E-state index is 12.6. The molecule has 1 heterocycles. The van der Waals surface area contributed by atoms with Crippen molar-refractivity contribution < 1.29 is 9.90 Å². The molecule has 0 spiro atoms. The topological polar surface area (TPSA) is 40.5 Å². The van der Waals surface area contributed by atoms with E-state index in [0.717, 1.165) is 39.2 Å². The van der Waals surface area contributed by atoms with Gasteiger partial charge < -0.3 is 10.0 Å². The fraction of sp³-hybridized carbons (Fsp3) is 0.471. The normalized spacial score (nSPS) is 22.0. The molecule has 3 nitrogen and oxygen atoms in total. The molecule has 0 bridgehead atoms. The number of carbonyl (C=O) groups excluding carboxylic acids is 1. The van der Waals surface area contributed by atoms with Crippen molar-refractivity contribution in [2.45, 2.75) is 38.3 Å². The number of aliphatic hydroxyl groups is 1. The van der Waals surface area contributed by atoms with Gasteiger partial charge in [-0.1, -0.05) is 36.2 Å². The summed E-state index contributed by atoms with van der Waals surface area (Å²) in [6.45, 7) is 0.531. The monoisotopic (exact) mass is 337 g/mol. The van der Waals surface area contributed by atoms with Crippen LogP contribution in [0, 0.1) is 5.92 Å². The van der Waals surface area contributed by atoms with Crippen molar-refractivity contribution in [2.75, 3.05) is 7.05 Å². The predicted molar refractivity (Wildman–Crippen MR) is 91.3 cm³/mol. The SMILES string of the molecule is CN(Cc1sc2ccccc2c1Cl)C(=O)[C@H]1CCC[C@@H](O)C1. The molecule has 0 unspecified atom stereocenters. The molecule has 1 saturated carbocycles. The van der Waals surface area contributed by atoms with Crippen LogP contribution in [0.1, 0.15) is 30.6 Å². The number of amides is 1. The van der Waals surface area contributed by atoms with Crippen molar-refractivity contribution in [2.24, 2.45) is 5.92 Å². The Bertz CT molecular complexity index is 684. The largest absolute Gasteiger partial charge is 0.393 e. The summed E-state index contributed by atoms with van der Waals surface area (Å²) in [5.41, 5.74) is 0. The van der Waals surface area contributed by atoms with Crippen molar-refractivity contribution in [3.05, 3.63) is 34.2 Å². The second-order valence-corrected chi connectivity index (χ2v) is 7.56. The Morgan fingerprint density at radius 2 is 2.18 bits per heavy atom. The van der Waals surface area contributed by atoms with E-state index in [1.54, 1.807) is 16.2 Å². The third-order valence-corrected chi connectivity index (χ3v) is 6.05. The second-order valence-electron chi connectivity index (χ2n) is 6.05. The molecule has 1 aromatic heterocycles. The smallest absolute Gasteiger partial charge is 0.225 e. The highest BCUT2D eigenvalue weighted by atomic mass is 35.5. The van der Waals surface area contributed by atoms with Gasteiger partial charge in [-0.3, -0.25) is 4.79 Å². The molecule has 5 heteroatoms. The van der Waals surface area contributed by atoms with Crippen molar-refractivity contribution in [1.82, 2.24) is 4.90 Å². The number of benzene rings is 1. The molecule has 2 aromatic rings. The van der Waals surface area contributed by atoms with Gasteiger partial charge in [-0.2, -0.15) is 0 Å². The highest BCUT2D eigenvalue weighted by Crippen LogP contribution is 2.36. The zero-order chi connectivity index (χ0) is 15.7. The zero-order valence-corrected chi connectivity index (χ0v) is 14.2. The van der Waals surface area contributed by atoms with Gasteiger partial charge in [0.05, 0.1) is 17.7 Å². The lowest BCUT2D eigenvalue weighted by Crippen LogP contribution is -2.36. The lowest BCUT2D eigenvalue weighted by atomic mass is 9.86. The third kappa shape index (κ3) is 3.14. The molecule has 1 aliphatic rings. The Balaban J connectivity index is 1.73. The van der Waals surface area contributed by atoms with Crippen LogP contribution >= 0.6 is 22.9 Å². The minimum atomic E-state index is -0.330. The molecular formula is C17H20ClNO2S. The van der Waals surface area contributed by atoms with Crippen LogP contribution < -0.4 is 0 Å². The van der Waals surface area contributed by atoms with Crippen molar-refractivity contribution >= 4 is 38.9 Å². The van der Waals surface area contributed by atoms with Crippen LogP contribution in [0.15, 0.2) is 24.3 Å². The minimum absolute atomic E-state index is 0.0538. The van der Waals surface area contributed by atoms with Gasteiger partial charge in [0, 0.05) is 27.9 Å². The second kappa shape index (κ2) is 6.57. The standard InChI is InChI=1S/C17H20ClNO2S/c1-19(17(21)11-5-4-6-12(20)9-11)10-15-16(18)13-7-2-3-8-14(13)22-15/h2-3,7-8,11-12,20H,4-6,9-10H2,1H3/t11-,12+/m0/s1. The number of fused-ring (bicyclic) bond motifs is 1. The molecule has 0 saturated heterocycles. The molecule has 1 N–H and O–H groups in total. The molecular weight excluding hydrogens is 318 g/mol. The summed E-state index contributed by atoms with van der Waals surface area (Å²) in [7, 11) is 1.82. The lowest BCUT2D eigenvalue weighted by molar-refractivity contribution is -0.137. The van der Waals surface area contributed by atoms with E-state index in [1.165, 1.54) is 0 Å². The first kappa shape index (κ1) is 15.8. The number of hydrogen-bond acceptors (Lipinski definition) is 3. The molecule has 1 aliphatic carbocycles. The zero-order valence-electron chi connectivity index (χ0n) is 12.6. The van der Waals surface area contributed by atoms with E-state index in [9.17, 15) is 9.90 Å². The van der Waals surface area contributed by atoms with E-state index < -0.39 is 0 Å². The van der Waals surface area contributed by atoms with Gasteiger partial charge in [0.1, 0.15) is 0 Å². The van der Waals surface area contributed by atoms with E-state index in [4.69, 9.17) is 11.6 Å². The number of hydrogen-bond donors (Lipinski definition) is 1. The molecule has 0 aliphatic heterocycles. The molecule has 1 fully saturated rings. The van der Waals surface area contributed by atoms with Gasteiger partial charge in [-0.25, -0.2) is 0 Å². The summed E-state index contributed by atoms with van der Waals surface area (Å²) in [4.78, 5) is 15.3. The first-order valence-corrected chi connectivity index (χ1v) is 8.84. The van der Waals surface area contributed by atoms with Crippen LogP contribution in [-0.2, 0) is 11.3 Å². The van der Waals surface area contributed by atoms with Gasteiger partial charge in [0.15, 0.2) is 0 Å². The van der Waals surface area contributed by atoms with Gasteiger partial charge in [-0.15, -0.1) is 11.3 Å². The number of halogens is 1. The highest BCUT2D eigenvalue weighted by molar-refractivity contribution is 7.19. The quantitative estimate of drug-likeness (QED) is 0.917. The number of aliphatic hydroxyl groups excluding tert-OH is 1. The Morgan fingerprint density at radius 1 is 1.41 bits per heavy atom. The average Bonchev–Trinajstić information content (AvgIpc) is 2.83. The highest BCUT2D eigenvalue weighted by Gasteiger charge is 2.28. The summed E-state index contributed by atoms with van der Waals surface area (Å²) in [5.74, 6) is 0.0641. The van der Waals surface area contributed by atoms with Gasteiger partial charge in [0.2, 0.25) is 5.91 Å². The fourth-order valence-electron chi connectivity index (χ4n) is 3.16. The Kier molecular flexibility index (Phi) is 4.71. The molecule has 118 valence electrons. The van der Waals surface area contributed by atoms with Crippen LogP contribution in [0.3, 0.4) is 0 Å². The molecule has 0 radical (unpaired) electrons. The Hall–Kier alpha value is -1.10. The molecule has 1 amide bonds. The number of rotatable bonds is 3. The van der Waals surface area contributed by atoms with E-state index in [0.29, 0.717) is 13.0 Å². The third-order valence-electron chi connectivity index (χ3n) is 4.35. The maximum atomic E-state index is 12.6. The predicted octanol–water partition coefficient (Wildman–Crippen LogP) is 4.06. The van der Waals surface area contributed by atoms with Crippen LogP contribution in [0.25, 0.3) is 10.1 Å². The van der Waals surface area contributed by atoms with Gasteiger partial charge in [-0.05, 0) is 25.3 Å². The molecule has 1 aromatic carbocycles. The Labute approximate surface area is 139 Å². The van der Waals surface area contributed by atoms with Crippen LogP contribution in [0.2, 0.25) is 5.02 Å². The van der Waals surface area contributed by atoms with Crippen LogP contribution in [-0.4, -0.2) is 29.1 Å². The summed E-state index contributed by atoms with van der Waals surface area (Å²) in [6, 6.07) is 8.03. The summed E-state index contributed by atoms with van der Waals surface area (Å²) in [5, 5.41) is 11.6.